The van der Waals surface area contributed by atoms with Gasteiger partial charge in [0.2, 0.25) is 0 Å². The lowest BCUT2D eigenvalue weighted by Gasteiger charge is -2.21. The number of fused-ring (bicyclic) bond motifs is 1. The highest BCUT2D eigenvalue weighted by atomic mass is 16.5. The molecule has 0 N–H and O–H groups in total. The Bertz CT molecular complexity index is 1040. The zero-order valence-electron chi connectivity index (χ0n) is 17.2. The number of nitrogens with zero attached hydrogens (tertiary/aromatic N) is 3. The van der Waals surface area contributed by atoms with Gasteiger partial charge in [-0.1, -0.05) is 48.5 Å². The fourth-order valence-corrected chi connectivity index (χ4v) is 3.90. The third-order valence-electron chi connectivity index (χ3n) is 5.39. The van der Waals surface area contributed by atoms with E-state index >= 15 is 0 Å². The number of hydrogen-bond acceptors (Lipinski definition) is 4. The molecule has 0 saturated carbocycles. The number of rotatable bonds is 6. The van der Waals surface area contributed by atoms with E-state index in [1.165, 1.54) is 0 Å². The second-order valence-electron chi connectivity index (χ2n) is 7.60. The van der Waals surface area contributed by atoms with E-state index in [1.54, 1.807) is 18.9 Å². The lowest BCUT2D eigenvalue weighted by Crippen LogP contribution is -2.37. The van der Waals surface area contributed by atoms with Crippen molar-refractivity contribution in [2.24, 2.45) is 0 Å². The average molecular weight is 403 g/mol. The molecule has 1 atom stereocenters. The van der Waals surface area contributed by atoms with Crippen molar-refractivity contribution in [1.29, 1.82) is 0 Å². The Morgan fingerprint density at radius 3 is 2.43 bits per heavy atom. The fourth-order valence-electron chi connectivity index (χ4n) is 3.90. The first-order valence-corrected chi connectivity index (χ1v) is 10.2. The third-order valence-corrected chi connectivity index (χ3v) is 5.39. The number of aromatic nitrogens is 2. The summed E-state index contributed by atoms with van der Waals surface area (Å²) in [5.41, 5.74) is 4.24. The molecule has 1 unspecified atom stereocenters. The number of benzene rings is 2. The SMILES string of the molecule is CC(OC(=O)c1nn(-c2ccccc2)c2c1CCC2)C(=O)N(C)Cc1ccccc1. The van der Waals surface area contributed by atoms with Crippen LogP contribution in [-0.4, -0.2) is 39.7 Å². The number of para-hydroxylation sites is 1. The Balaban J connectivity index is 1.48. The van der Waals surface area contributed by atoms with Crippen molar-refractivity contribution < 1.29 is 14.3 Å². The van der Waals surface area contributed by atoms with Crippen molar-refractivity contribution in [3.8, 4) is 5.69 Å². The first kappa shape index (κ1) is 19.9. The quantitative estimate of drug-likeness (QED) is 0.591. The van der Waals surface area contributed by atoms with Gasteiger partial charge in [-0.15, -0.1) is 0 Å². The molecule has 4 rings (SSSR count). The van der Waals surface area contributed by atoms with E-state index in [2.05, 4.69) is 5.10 Å². The van der Waals surface area contributed by atoms with Crippen molar-refractivity contribution in [2.45, 2.75) is 38.8 Å². The fraction of sp³-hybridized carbons (Fsp3) is 0.292. The van der Waals surface area contributed by atoms with E-state index in [9.17, 15) is 9.59 Å². The molecule has 1 amide bonds. The zero-order valence-corrected chi connectivity index (χ0v) is 17.2. The average Bonchev–Trinajstić information content (AvgIpc) is 3.37. The molecule has 0 bridgehead atoms. The van der Waals surface area contributed by atoms with Crippen LogP contribution in [0.3, 0.4) is 0 Å². The van der Waals surface area contributed by atoms with Crippen LogP contribution in [0.4, 0.5) is 0 Å². The number of amides is 1. The van der Waals surface area contributed by atoms with Crippen LogP contribution in [0.5, 0.6) is 0 Å². The minimum atomic E-state index is -0.884. The lowest BCUT2D eigenvalue weighted by molar-refractivity contribution is -0.139. The Hall–Kier alpha value is -3.41. The maximum atomic E-state index is 12.9. The van der Waals surface area contributed by atoms with Crippen LogP contribution in [0.2, 0.25) is 0 Å². The molecule has 0 aliphatic heterocycles. The van der Waals surface area contributed by atoms with Gasteiger partial charge in [0.1, 0.15) is 0 Å². The number of ether oxygens (including phenoxy) is 1. The molecule has 0 spiro atoms. The summed E-state index contributed by atoms with van der Waals surface area (Å²) in [6.45, 7) is 2.07. The zero-order chi connectivity index (χ0) is 21.1. The van der Waals surface area contributed by atoms with Crippen LogP contribution in [0.1, 0.15) is 40.7 Å². The summed E-state index contributed by atoms with van der Waals surface area (Å²) in [5, 5.41) is 4.54. The topological polar surface area (TPSA) is 64.4 Å². The first-order valence-electron chi connectivity index (χ1n) is 10.2. The highest BCUT2D eigenvalue weighted by Gasteiger charge is 2.30. The largest absolute Gasteiger partial charge is 0.448 e. The van der Waals surface area contributed by atoms with Gasteiger partial charge in [0.25, 0.3) is 5.91 Å². The summed E-state index contributed by atoms with van der Waals surface area (Å²) < 4.78 is 7.35. The molecule has 6 nitrogen and oxygen atoms in total. The van der Waals surface area contributed by atoms with E-state index < -0.39 is 12.1 Å². The maximum Gasteiger partial charge on any atom is 0.359 e. The van der Waals surface area contributed by atoms with E-state index in [-0.39, 0.29) is 5.91 Å². The van der Waals surface area contributed by atoms with Crippen LogP contribution in [0.15, 0.2) is 60.7 Å². The molecule has 0 fully saturated rings. The predicted molar refractivity (Wildman–Crippen MR) is 113 cm³/mol. The molecule has 1 aliphatic rings. The summed E-state index contributed by atoms with van der Waals surface area (Å²) in [6.07, 6.45) is 1.76. The highest BCUT2D eigenvalue weighted by Crippen LogP contribution is 2.28. The number of hydrogen-bond donors (Lipinski definition) is 0. The van der Waals surface area contributed by atoms with Crippen LogP contribution in [0, 0.1) is 0 Å². The number of carbonyl (C=O) groups excluding carboxylic acids is 2. The molecular weight excluding hydrogens is 378 g/mol. The number of esters is 1. The highest BCUT2D eigenvalue weighted by molar-refractivity contribution is 5.92. The molecule has 2 aromatic carbocycles. The molecular formula is C24H25N3O3. The molecule has 154 valence electrons. The predicted octanol–water partition coefficient (Wildman–Crippen LogP) is 3.56. The normalized spacial score (nSPS) is 13.5. The Labute approximate surface area is 176 Å². The van der Waals surface area contributed by atoms with E-state index in [1.807, 2.05) is 65.3 Å². The van der Waals surface area contributed by atoms with Crippen molar-refractivity contribution in [2.75, 3.05) is 7.05 Å². The summed E-state index contributed by atoms with van der Waals surface area (Å²) in [6, 6.07) is 19.5. The molecule has 1 heterocycles. The number of carbonyl (C=O) groups is 2. The molecule has 1 aliphatic carbocycles. The van der Waals surface area contributed by atoms with E-state index in [0.29, 0.717) is 12.2 Å². The van der Waals surface area contributed by atoms with Gasteiger partial charge in [0.05, 0.1) is 5.69 Å². The maximum absolute atomic E-state index is 12.9. The Morgan fingerprint density at radius 2 is 1.73 bits per heavy atom. The molecule has 0 radical (unpaired) electrons. The molecule has 6 heteroatoms. The standard InChI is InChI=1S/C24H25N3O3/c1-17(23(28)26(2)16-18-10-5-3-6-11-18)30-24(29)22-20-14-9-15-21(20)27(25-22)19-12-7-4-8-13-19/h3-8,10-13,17H,9,14-16H2,1-2H3. The van der Waals surface area contributed by atoms with Crippen LogP contribution >= 0.6 is 0 Å². The minimum absolute atomic E-state index is 0.244. The molecule has 30 heavy (non-hydrogen) atoms. The minimum Gasteiger partial charge on any atom is -0.448 e. The van der Waals surface area contributed by atoms with E-state index in [0.717, 1.165) is 41.8 Å². The number of likely N-dealkylation sites (N-methyl/N-ethyl adjacent to an activating group) is 1. The first-order chi connectivity index (χ1) is 14.5. The van der Waals surface area contributed by atoms with Gasteiger partial charge in [0, 0.05) is 24.8 Å². The lowest BCUT2D eigenvalue weighted by atomic mass is 10.2. The second kappa shape index (κ2) is 8.53. The summed E-state index contributed by atoms with van der Waals surface area (Å²) in [5.74, 6) is -0.789. The van der Waals surface area contributed by atoms with Crippen molar-refractivity contribution >= 4 is 11.9 Å². The van der Waals surface area contributed by atoms with Gasteiger partial charge in [-0.3, -0.25) is 4.79 Å². The summed E-state index contributed by atoms with van der Waals surface area (Å²) >= 11 is 0. The van der Waals surface area contributed by atoms with Crippen LogP contribution in [0.25, 0.3) is 5.69 Å². The van der Waals surface area contributed by atoms with Gasteiger partial charge < -0.3 is 9.64 Å². The van der Waals surface area contributed by atoms with Crippen molar-refractivity contribution in [3.05, 3.63) is 83.2 Å². The molecule has 3 aromatic rings. The van der Waals surface area contributed by atoms with Gasteiger partial charge in [-0.25, -0.2) is 9.48 Å². The third kappa shape index (κ3) is 3.99. The monoisotopic (exact) mass is 403 g/mol. The summed E-state index contributed by atoms with van der Waals surface area (Å²) in [7, 11) is 1.71. The van der Waals surface area contributed by atoms with Crippen molar-refractivity contribution in [3.63, 3.8) is 0 Å². The van der Waals surface area contributed by atoms with Crippen LogP contribution < -0.4 is 0 Å². The smallest absolute Gasteiger partial charge is 0.359 e. The summed E-state index contributed by atoms with van der Waals surface area (Å²) in [4.78, 5) is 27.1. The van der Waals surface area contributed by atoms with Gasteiger partial charge in [0.15, 0.2) is 11.8 Å². The van der Waals surface area contributed by atoms with Gasteiger partial charge in [-0.05, 0) is 43.9 Å². The second-order valence-corrected chi connectivity index (χ2v) is 7.60. The van der Waals surface area contributed by atoms with Gasteiger partial charge >= 0.3 is 5.97 Å². The molecule has 1 aromatic heterocycles. The Kier molecular flexibility index (Phi) is 5.65. The van der Waals surface area contributed by atoms with Crippen molar-refractivity contribution in [1.82, 2.24) is 14.7 Å². The van der Waals surface area contributed by atoms with Crippen LogP contribution in [-0.2, 0) is 28.9 Å². The molecule has 0 saturated heterocycles. The van der Waals surface area contributed by atoms with E-state index in [4.69, 9.17) is 4.74 Å². The Morgan fingerprint density at radius 1 is 1.07 bits per heavy atom. The van der Waals surface area contributed by atoms with Gasteiger partial charge in [-0.2, -0.15) is 5.10 Å².